The Labute approximate surface area is 290 Å². The predicted molar refractivity (Wildman–Crippen MR) is 167 cm³/mol. The Morgan fingerprint density at radius 3 is 2.06 bits per heavy atom. The molecule has 2 aliphatic rings. The molecule has 0 unspecified atom stereocenters. The number of methoxy groups -OCH3 is 1. The van der Waals surface area contributed by atoms with E-state index in [0.29, 0.717) is 35.8 Å². The minimum Gasteiger partial charge on any atom is -0.496 e. The summed E-state index contributed by atoms with van der Waals surface area (Å²) in [4.78, 5) is 25.7. The quantitative estimate of drug-likeness (QED) is 0.244. The summed E-state index contributed by atoms with van der Waals surface area (Å²) >= 11 is 0. The van der Waals surface area contributed by atoms with Crippen LogP contribution in [0.4, 0.5) is 48.7 Å². The zero-order valence-electron chi connectivity index (χ0n) is 27.9. The number of cyclic esters (lactones) is 1. The minimum absolute atomic E-state index is 0.0372. The van der Waals surface area contributed by atoms with E-state index in [1.165, 1.54) is 6.92 Å². The van der Waals surface area contributed by atoms with E-state index < -0.39 is 87.4 Å². The van der Waals surface area contributed by atoms with Crippen LogP contribution in [0.5, 0.6) is 5.75 Å². The molecule has 0 radical (unpaired) electrons. The molecule has 3 aromatic carbocycles. The molecule has 1 saturated heterocycles. The SMILES string of the molecule is COc1cc(C(F)(F)F)c(-c2ccc(C(=O)O)c(F)c2)cc1C1=C(CN2C(=O)O[C@H](c3cc(C(F)(F)F)cc(C(F)(F)F)c3)[C@@H]2C)CC(C)(C)CC1. The third-order valence-electron chi connectivity index (χ3n) is 9.34. The summed E-state index contributed by atoms with van der Waals surface area (Å²) in [5, 5.41) is 9.22. The van der Waals surface area contributed by atoms with Crippen molar-refractivity contribution in [3.8, 4) is 16.9 Å². The molecule has 280 valence electrons. The molecule has 1 aliphatic heterocycles. The van der Waals surface area contributed by atoms with E-state index >= 15 is 0 Å². The molecule has 6 nitrogen and oxygen atoms in total. The highest BCUT2D eigenvalue weighted by Crippen LogP contribution is 2.49. The topological polar surface area (TPSA) is 76.1 Å². The first kappa shape index (κ1) is 38.5. The van der Waals surface area contributed by atoms with Gasteiger partial charge in [-0.1, -0.05) is 19.9 Å². The van der Waals surface area contributed by atoms with Crippen molar-refractivity contribution < 1.29 is 68.1 Å². The second-order valence-corrected chi connectivity index (χ2v) is 13.5. The molecule has 0 spiro atoms. The lowest BCUT2D eigenvalue weighted by molar-refractivity contribution is -0.143. The Kier molecular flexibility index (Phi) is 9.87. The number of aromatic carboxylic acids is 1. The zero-order valence-corrected chi connectivity index (χ0v) is 27.9. The van der Waals surface area contributed by atoms with Gasteiger partial charge in [-0.2, -0.15) is 39.5 Å². The van der Waals surface area contributed by atoms with Gasteiger partial charge in [-0.05, 0) is 102 Å². The third-order valence-corrected chi connectivity index (χ3v) is 9.34. The molecule has 0 aromatic heterocycles. The summed E-state index contributed by atoms with van der Waals surface area (Å²) in [6.45, 7) is 4.95. The smallest absolute Gasteiger partial charge is 0.417 e. The van der Waals surface area contributed by atoms with Crippen LogP contribution in [0.25, 0.3) is 16.7 Å². The van der Waals surface area contributed by atoms with Gasteiger partial charge in [0.25, 0.3) is 0 Å². The zero-order chi connectivity index (χ0) is 38.7. The Morgan fingerprint density at radius 2 is 1.54 bits per heavy atom. The minimum atomic E-state index is -5.14. The Bertz CT molecular complexity index is 1910. The average molecular weight is 748 g/mol. The number of ether oxygens (including phenoxy) is 2. The van der Waals surface area contributed by atoms with Crippen molar-refractivity contribution in [2.24, 2.45) is 5.41 Å². The molecular formula is C36H31F10NO5. The Balaban J connectivity index is 1.62. The van der Waals surface area contributed by atoms with Gasteiger partial charge in [-0.15, -0.1) is 0 Å². The lowest BCUT2D eigenvalue weighted by atomic mass is 9.72. The second kappa shape index (κ2) is 13.3. The highest BCUT2D eigenvalue weighted by molar-refractivity contribution is 5.89. The van der Waals surface area contributed by atoms with Crippen molar-refractivity contribution >= 4 is 17.6 Å². The Morgan fingerprint density at radius 1 is 0.923 bits per heavy atom. The molecule has 5 rings (SSSR count). The maximum Gasteiger partial charge on any atom is 0.417 e. The predicted octanol–water partition coefficient (Wildman–Crippen LogP) is 10.8. The molecule has 1 N–H and O–H groups in total. The summed E-state index contributed by atoms with van der Waals surface area (Å²) in [5.41, 5.74) is -5.71. The highest BCUT2D eigenvalue weighted by atomic mass is 19.4. The van der Waals surface area contributed by atoms with E-state index in [1.807, 2.05) is 13.8 Å². The van der Waals surface area contributed by atoms with Crippen LogP contribution in [0.3, 0.4) is 0 Å². The van der Waals surface area contributed by atoms with E-state index in [2.05, 4.69) is 0 Å². The normalized spacial score (nSPS) is 19.6. The first-order chi connectivity index (χ1) is 23.9. The van der Waals surface area contributed by atoms with E-state index in [-0.39, 0.29) is 42.3 Å². The number of benzene rings is 3. The first-order valence-electron chi connectivity index (χ1n) is 15.7. The van der Waals surface area contributed by atoms with Crippen LogP contribution >= 0.6 is 0 Å². The molecule has 3 aromatic rings. The molecular weight excluding hydrogens is 716 g/mol. The van der Waals surface area contributed by atoms with Gasteiger partial charge in [-0.25, -0.2) is 14.0 Å². The number of amides is 1. The van der Waals surface area contributed by atoms with Crippen molar-refractivity contribution in [1.29, 1.82) is 0 Å². The van der Waals surface area contributed by atoms with Crippen LogP contribution < -0.4 is 4.74 Å². The van der Waals surface area contributed by atoms with Crippen molar-refractivity contribution in [3.05, 3.63) is 93.3 Å². The lowest BCUT2D eigenvalue weighted by Crippen LogP contribution is -2.35. The first-order valence-corrected chi connectivity index (χ1v) is 15.7. The van der Waals surface area contributed by atoms with Gasteiger partial charge in [-0.3, -0.25) is 4.90 Å². The molecule has 0 bridgehead atoms. The van der Waals surface area contributed by atoms with Crippen molar-refractivity contribution in [2.45, 2.75) is 70.7 Å². The summed E-state index contributed by atoms with van der Waals surface area (Å²) in [7, 11) is 1.14. The maximum atomic E-state index is 14.7. The maximum absolute atomic E-state index is 14.7. The molecule has 1 amide bonds. The number of carboxylic acids is 1. The third kappa shape index (κ3) is 7.70. The Hall–Kier alpha value is -4.76. The fourth-order valence-electron chi connectivity index (χ4n) is 6.71. The van der Waals surface area contributed by atoms with Gasteiger partial charge in [0.15, 0.2) is 0 Å². The molecule has 1 aliphatic carbocycles. The highest BCUT2D eigenvalue weighted by Gasteiger charge is 2.44. The number of hydrogen-bond donors (Lipinski definition) is 1. The fourth-order valence-corrected chi connectivity index (χ4v) is 6.71. The van der Waals surface area contributed by atoms with E-state index in [1.54, 1.807) is 0 Å². The molecule has 52 heavy (non-hydrogen) atoms. The van der Waals surface area contributed by atoms with E-state index in [4.69, 9.17) is 9.47 Å². The summed E-state index contributed by atoms with van der Waals surface area (Å²) < 4.78 is 150. The number of alkyl halides is 9. The van der Waals surface area contributed by atoms with Gasteiger partial charge in [0.05, 0.1) is 35.4 Å². The van der Waals surface area contributed by atoms with Gasteiger partial charge in [0.2, 0.25) is 0 Å². The number of nitrogens with zero attached hydrogens (tertiary/aromatic N) is 1. The summed E-state index contributed by atoms with van der Waals surface area (Å²) in [6.07, 6.45) is -16.8. The van der Waals surface area contributed by atoms with Crippen molar-refractivity contribution in [2.75, 3.05) is 13.7 Å². The standard InChI is InChI=1S/C36H31F10NO5/c1-17-30(19-9-21(34(38,39)40)12-22(10-19)35(41,42)43)52-32(50)47(17)16-20-15-33(2,3)8-7-23(20)26-13-25(27(36(44,45)46)14-29(26)51-4)18-5-6-24(31(48)49)28(37)11-18/h5-6,9-14,17,30H,7-8,15-16H2,1-4H3,(H,48,49)/t17-,30-/m0/s1. The summed E-state index contributed by atoms with van der Waals surface area (Å²) in [5.74, 6) is -3.11. The van der Waals surface area contributed by atoms with Gasteiger partial charge >= 0.3 is 30.6 Å². The van der Waals surface area contributed by atoms with Crippen molar-refractivity contribution in [1.82, 2.24) is 4.90 Å². The largest absolute Gasteiger partial charge is 0.496 e. The molecule has 1 fully saturated rings. The number of rotatable bonds is 7. The van der Waals surface area contributed by atoms with Crippen LogP contribution in [0.15, 0.2) is 54.1 Å². The number of allylic oxidation sites excluding steroid dienone is 1. The fraction of sp³-hybridized carbons (Fsp3) is 0.389. The van der Waals surface area contributed by atoms with Crippen molar-refractivity contribution in [3.63, 3.8) is 0 Å². The molecule has 0 saturated carbocycles. The average Bonchev–Trinajstić information content (AvgIpc) is 3.30. The van der Waals surface area contributed by atoms with E-state index in [0.717, 1.165) is 36.3 Å². The lowest BCUT2D eigenvalue weighted by Gasteiger charge is -2.36. The number of carbonyl (C=O) groups is 2. The number of halogens is 10. The number of carbonyl (C=O) groups excluding carboxylic acids is 1. The van der Waals surface area contributed by atoms with Gasteiger partial charge < -0.3 is 14.6 Å². The number of carboxylic acid groups (broad SMARTS) is 1. The molecule has 1 heterocycles. The van der Waals surface area contributed by atoms with Crippen LogP contribution in [-0.4, -0.2) is 41.8 Å². The van der Waals surface area contributed by atoms with Crippen LogP contribution in [0, 0.1) is 11.2 Å². The van der Waals surface area contributed by atoms with Crippen LogP contribution in [0.1, 0.15) is 84.3 Å². The second-order valence-electron chi connectivity index (χ2n) is 13.5. The summed E-state index contributed by atoms with van der Waals surface area (Å²) in [6, 6.07) is 4.26. The van der Waals surface area contributed by atoms with Gasteiger partial charge in [0.1, 0.15) is 17.7 Å². The molecule has 16 heteroatoms. The van der Waals surface area contributed by atoms with Gasteiger partial charge in [0, 0.05) is 12.1 Å². The van der Waals surface area contributed by atoms with Crippen LogP contribution in [-0.2, 0) is 23.3 Å². The monoisotopic (exact) mass is 747 g/mol. The van der Waals surface area contributed by atoms with E-state index in [9.17, 15) is 58.6 Å². The number of hydrogen-bond acceptors (Lipinski definition) is 4. The molecule has 2 atom stereocenters. The van der Waals surface area contributed by atoms with Crippen LogP contribution in [0.2, 0.25) is 0 Å².